The van der Waals surface area contributed by atoms with Gasteiger partial charge in [0.1, 0.15) is 5.76 Å². The lowest BCUT2D eigenvalue weighted by molar-refractivity contribution is 0.187. The van der Waals surface area contributed by atoms with Crippen LogP contribution in [0.1, 0.15) is 31.9 Å². The molecule has 22 heavy (non-hydrogen) atoms. The lowest BCUT2D eigenvalue weighted by atomic mass is 9.93. The Kier molecular flexibility index (Phi) is 7.30. The molecule has 1 fully saturated rings. The number of aliphatic imine (C=N–C) groups is 1. The van der Waals surface area contributed by atoms with Crippen molar-refractivity contribution in [3.8, 4) is 0 Å². The topological polar surface area (TPSA) is 52.8 Å². The Morgan fingerprint density at radius 3 is 2.73 bits per heavy atom. The van der Waals surface area contributed by atoms with Crippen molar-refractivity contribution in [3.63, 3.8) is 0 Å². The molecule has 124 valence electrons. The Morgan fingerprint density at radius 2 is 2.09 bits per heavy atom. The van der Waals surface area contributed by atoms with Gasteiger partial charge in [-0.15, -0.1) is 0 Å². The third kappa shape index (κ3) is 5.72. The predicted molar refractivity (Wildman–Crippen MR) is 91.2 cm³/mol. The molecule has 0 saturated carbocycles. The second-order valence-electron chi connectivity index (χ2n) is 5.92. The van der Waals surface area contributed by atoms with E-state index in [0.717, 1.165) is 37.1 Å². The van der Waals surface area contributed by atoms with Gasteiger partial charge < -0.3 is 20.0 Å². The molecule has 0 bridgehead atoms. The van der Waals surface area contributed by atoms with Crippen molar-refractivity contribution in [3.05, 3.63) is 24.2 Å². The zero-order valence-electron chi connectivity index (χ0n) is 14.0. The number of hydrogen-bond acceptors (Lipinski definition) is 3. The van der Waals surface area contributed by atoms with Crippen LogP contribution in [-0.4, -0.2) is 50.6 Å². The van der Waals surface area contributed by atoms with Crippen LogP contribution in [-0.2, 0) is 6.42 Å². The van der Waals surface area contributed by atoms with E-state index in [2.05, 4.69) is 27.4 Å². The minimum Gasteiger partial charge on any atom is -0.469 e. The molecule has 0 aliphatic carbocycles. The summed E-state index contributed by atoms with van der Waals surface area (Å²) >= 11 is 0. The molecule has 0 radical (unpaired) electrons. The summed E-state index contributed by atoms with van der Waals surface area (Å²) in [4.78, 5) is 6.81. The molecular weight excluding hydrogens is 276 g/mol. The summed E-state index contributed by atoms with van der Waals surface area (Å²) in [5.74, 6) is 2.75. The fraction of sp³-hybridized carbons (Fsp3) is 0.706. The molecule has 0 atom stereocenters. The lowest BCUT2D eigenvalue weighted by Crippen LogP contribution is -2.40. The van der Waals surface area contributed by atoms with E-state index >= 15 is 0 Å². The Hall–Kier alpha value is -1.49. The summed E-state index contributed by atoms with van der Waals surface area (Å²) in [7, 11) is 1.82. The van der Waals surface area contributed by atoms with Crippen LogP contribution in [0.2, 0.25) is 0 Å². The number of guanidine groups is 1. The highest BCUT2D eigenvalue weighted by molar-refractivity contribution is 5.79. The van der Waals surface area contributed by atoms with Crippen molar-refractivity contribution >= 4 is 5.96 Å². The van der Waals surface area contributed by atoms with E-state index < -0.39 is 0 Å². The molecule has 0 aromatic carbocycles. The Bertz CT molecular complexity index is 422. The van der Waals surface area contributed by atoms with E-state index in [9.17, 15) is 0 Å². The van der Waals surface area contributed by atoms with Crippen molar-refractivity contribution in [1.29, 1.82) is 0 Å². The van der Waals surface area contributed by atoms with Crippen LogP contribution in [0.5, 0.6) is 0 Å². The molecule has 2 heterocycles. The summed E-state index contributed by atoms with van der Waals surface area (Å²) in [5.41, 5.74) is 0. The van der Waals surface area contributed by atoms with Gasteiger partial charge in [0, 0.05) is 26.6 Å². The van der Waals surface area contributed by atoms with Crippen molar-refractivity contribution < 1.29 is 4.42 Å². The van der Waals surface area contributed by atoms with Gasteiger partial charge in [0.15, 0.2) is 5.96 Å². The number of rotatable bonds is 7. The van der Waals surface area contributed by atoms with E-state index in [4.69, 9.17) is 4.42 Å². The van der Waals surface area contributed by atoms with Gasteiger partial charge in [0.25, 0.3) is 0 Å². The smallest absolute Gasteiger partial charge is 0.190 e. The molecule has 2 N–H and O–H groups in total. The first kappa shape index (κ1) is 16.9. The first-order valence-corrected chi connectivity index (χ1v) is 8.51. The quantitative estimate of drug-likeness (QED) is 0.598. The molecule has 1 aliphatic rings. The fourth-order valence-electron chi connectivity index (χ4n) is 2.97. The summed E-state index contributed by atoms with van der Waals surface area (Å²) in [6.45, 7) is 7.80. The van der Waals surface area contributed by atoms with Crippen LogP contribution in [0, 0.1) is 5.92 Å². The number of nitrogens with one attached hydrogen (secondary N) is 2. The summed E-state index contributed by atoms with van der Waals surface area (Å²) in [6.07, 6.45) is 6.49. The lowest BCUT2D eigenvalue weighted by Gasteiger charge is -2.31. The SMILES string of the molecule is CCN1CCC(CCNC(=NC)NCCc2ccco2)CC1. The van der Waals surface area contributed by atoms with Gasteiger partial charge in [0.2, 0.25) is 0 Å². The standard InChI is InChI=1S/C17H30N4O/c1-3-21-12-8-15(9-13-21)6-10-19-17(18-2)20-11-7-16-5-4-14-22-16/h4-5,14-15H,3,6-13H2,1-2H3,(H2,18,19,20). The molecular formula is C17H30N4O. The molecule has 1 aromatic rings. The predicted octanol–water partition coefficient (Wildman–Crippen LogP) is 2.11. The third-order valence-electron chi connectivity index (χ3n) is 4.47. The molecule has 0 amide bonds. The van der Waals surface area contributed by atoms with Crippen LogP contribution in [0.4, 0.5) is 0 Å². The summed E-state index contributed by atoms with van der Waals surface area (Å²) in [6, 6.07) is 3.92. The van der Waals surface area contributed by atoms with E-state index in [1.165, 1.54) is 38.9 Å². The molecule has 1 saturated heterocycles. The highest BCUT2D eigenvalue weighted by Crippen LogP contribution is 2.19. The van der Waals surface area contributed by atoms with E-state index in [-0.39, 0.29) is 0 Å². The van der Waals surface area contributed by atoms with Crippen LogP contribution < -0.4 is 10.6 Å². The van der Waals surface area contributed by atoms with Crippen molar-refractivity contribution in [2.45, 2.75) is 32.6 Å². The minimum atomic E-state index is 0.835. The van der Waals surface area contributed by atoms with Gasteiger partial charge in [0.05, 0.1) is 6.26 Å². The Labute approximate surface area is 134 Å². The minimum absolute atomic E-state index is 0.835. The number of hydrogen-bond donors (Lipinski definition) is 2. The van der Waals surface area contributed by atoms with Crippen molar-refractivity contribution in [1.82, 2.24) is 15.5 Å². The van der Waals surface area contributed by atoms with E-state index in [1.54, 1.807) is 6.26 Å². The van der Waals surface area contributed by atoms with Crippen molar-refractivity contribution in [2.24, 2.45) is 10.9 Å². The first-order valence-electron chi connectivity index (χ1n) is 8.51. The maximum Gasteiger partial charge on any atom is 0.190 e. The average Bonchev–Trinajstić information content (AvgIpc) is 3.07. The fourth-order valence-corrected chi connectivity index (χ4v) is 2.97. The Balaban J connectivity index is 1.56. The second-order valence-corrected chi connectivity index (χ2v) is 5.92. The summed E-state index contributed by atoms with van der Waals surface area (Å²) in [5, 5.41) is 6.75. The van der Waals surface area contributed by atoms with Crippen LogP contribution in [0.25, 0.3) is 0 Å². The maximum atomic E-state index is 5.32. The van der Waals surface area contributed by atoms with E-state index in [0.29, 0.717) is 0 Å². The normalized spacial score (nSPS) is 17.6. The molecule has 0 spiro atoms. The number of likely N-dealkylation sites (tertiary alicyclic amines) is 1. The van der Waals surface area contributed by atoms with Gasteiger partial charge >= 0.3 is 0 Å². The van der Waals surface area contributed by atoms with Gasteiger partial charge in [-0.3, -0.25) is 4.99 Å². The van der Waals surface area contributed by atoms with Crippen LogP contribution >= 0.6 is 0 Å². The van der Waals surface area contributed by atoms with Gasteiger partial charge in [-0.2, -0.15) is 0 Å². The van der Waals surface area contributed by atoms with E-state index in [1.807, 2.05) is 19.2 Å². The molecule has 2 rings (SSSR count). The second kappa shape index (κ2) is 9.51. The van der Waals surface area contributed by atoms with Crippen LogP contribution in [0.3, 0.4) is 0 Å². The molecule has 1 aliphatic heterocycles. The highest BCUT2D eigenvalue weighted by atomic mass is 16.3. The largest absolute Gasteiger partial charge is 0.469 e. The molecule has 1 aromatic heterocycles. The van der Waals surface area contributed by atoms with Gasteiger partial charge in [-0.05, 0) is 56.9 Å². The molecule has 5 nitrogen and oxygen atoms in total. The third-order valence-corrected chi connectivity index (χ3v) is 4.47. The first-order chi connectivity index (χ1) is 10.8. The van der Waals surface area contributed by atoms with Gasteiger partial charge in [-0.1, -0.05) is 6.92 Å². The monoisotopic (exact) mass is 306 g/mol. The zero-order valence-corrected chi connectivity index (χ0v) is 14.0. The summed E-state index contributed by atoms with van der Waals surface area (Å²) < 4.78 is 5.32. The highest BCUT2D eigenvalue weighted by Gasteiger charge is 2.17. The Morgan fingerprint density at radius 1 is 1.32 bits per heavy atom. The van der Waals surface area contributed by atoms with Gasteiger partial charge in [-0.25, -0.2) is 0 Å². The van der Waals surface area contributed by atoms with Crippen molar-refractivity contribution in [2.75, 3.05) is 39.8 Å². The number of nitrogens with zero attached hydrogens (tertiary/aromatic N) is 2. The van der Waals surface area contributed by atoms with Crippen LogP contribution in [0.15, 0.2) is 27.8 Å². The maximum absolute atomic E-state index is 5.32. The zero-order chi connectivity index (χ0) is 15.6. The molecule has 0 unspecified atom stereocenters. The number of piperidine rings is 1. The average molecular weight is 306 g/mol. The number of furan rings is 1. The molecule has 5 heteroatoms.